The summed E-state index contributed by atoms with van der Waals surface area (Å²) in [5.74, 6) is -1.81. The molecule has 4 rings (SSSR count). The molecular weight excluding hydrogens is 438 g/mol. The third-order valence-electron chi connectivity index (χ3n) is 8.48. The van der Waals surface area contributed by atoms with Gasteiger partial charge in [-0.2, -0.15) is 0 Å². The largest absolute Gasteiger partial charge is 0.481 e. The Labute approximate surface area is 200 Å². The van der Waals surface area contributed by atoms with Gasteiger partial charge in [-0.1, -0.05) is 26.8 Å². The number of carboxylic acids is 1. The topological polar surface area (TPSA) is 121 Å². The number of aliphatic carboxylic acids is 1. The van der Waals surface area contributed by atoms with Crippen LogP contribution in [0.3, 0.4) is 0 Å². The van der Waals surface area contributed by atoms with Crippen molar-refractivity contribution in [2.45, 2.75) is 84.0 Å². The standard InChI is InChI=1S/C26H37NO7/c1-5-16-11-26(16,24(32)33)12-21(29)20-9-17(28)13-27(20)23(31)19(25(2,3)4)10-22(30)34-18-7-14-6-15(14)8-18/h5,14-20,28H,1,6-13H2,2-4H3,(H,32,33)/t14-,15?,16-,17?,18?,19-,20+,26-/m1/s1. The lowest BCUT2D eigenvalue weighted by Crippen LogP contribution is -2.48. The van der Waals surface area contributed by atoms with E-state index in [1.165, 1.54) is 11.3 Å². The molecule has 3 unspecified atom stereocenters. The Morgan fingerprint density at radius 2 is 1.79 bits per heavy atom. The molecule has 188 valence electrons. The number of allylic oxidation sites excluding steroid dienone is 1. The molecule has 1 amide bonds. The molecular formula is C26H37NO7. The fourth-order valence-corrected chi connectivity index (χ4v) is 6.08. The maximum atomic E-state index is 13.6. The summed E-state index contributed by atoms with van der Waals surface area (Å²) in [6.45, 7) is 9.26. The van der Waals surface area contributed by atoms with E-state index in [4.69, 9.17) is 4.74 Å². The van der Waals surface area contributed by atoms with Crippen LogP contribution in [0.5, 0.6) is 0 Å². The number of esters is 1. The van der Waals surface area contributed by atoms with E-state index in [2.05, 4.69) is 6.58 Å². The molecule has 1 aliphatic heterocycles. The van der Waals surface area contributed by atoms with Crippen molar-refractivity contribution in [1.29, 1.82) is 0 Å². The molecule has 4 fully saturated rings. The van der Waals surface area contributed by atoms with E-state index >= 15 is 0 Å². The van der Waals surface area contributed by atoms with Crippen LogP contribution in [0.2, 0.25) is 0 Å². The van der Waals surface area contributed by atoms with Crippen molar-refractivity contribution < 1.29 is 34.1 Å². The molecule has 1 heterocycles. The van der Waals surface area contributed by atoms with Crippen LogP contribution in [-0.4, -0.2) is 63.5 Å². The fourth-order valence-electron chi connectivity index (χ4n) is 6.08. The van der Waals surface area contributed by atoms with Crippen molar-refractivity contribution in [2.24, 2.45) is 34.5 Å². The minimum absolute atomic E-state index is 0.00614. The lowest BCUT2D eigenvalue weighted by molar-refractivity contribution is -0.157. The van der Waals surface area contributed by atoms with Gasteiger partial charge in [0.25, 0.3) is 0 Å². The number of aliphatic hydroxyl groups excluding tert-OH is 1. The predicted molar refractivity (Wildman–Crippen MR) is 122 cm³/mol. The lowest BCUT2D eigenvalue weighted by Gasteiger charge is -2.35. The predicted octanol–water partition coefficient (Wildman–Crippen LogP) is 2.58. The first kappa shape index (κ1) is 24.9. The minimum atomic E-state index is -1.17. The monoisotopic (exact) mass is 475 g/mol. The molecule has 0 aromatic rings. The van der Waals surface area contributed by atoms with E-state index in [1.807, 2.05) is 20.8 Å². The van der Waals surface area contributed by atoms with Crippen LogP contribution in [0.25, 0.3) is 0 Å². The Balaban J connectivity index is 1.44. The number of amides is 1. The van der Waals surface area contributed by atoms with E-state index in [0.717, 1.165) is 12.8 Å². The number of nitrogens with zero attached hydrogens (tertiary/aromatic N) is 1. The molecule has 0 radical (unpaired) electrons. The molecule has 0 aromatic heterocycles. The van der Waals surface area contributed by atoms with Gasteiger partial charge in [-0.05, 0) is 48.9 Å². The van der Waals surface area contributed by atoms with Gasteiger partial charge in [0.05, 0.1) is 29.9 Å². The van der Waals surface area contributed by atoms with Crippen LogP contribution in [0.1, 0.15) is 65.7 Å². The normalized spacial score (nSPS) is 37.0. The molecule has 0 spiro atoms. The Kier molecular flexibility index (Phi) is 6.42. The number of aliphatic hydroxyl groups is 1. The van der Waals surface area contributed by atoms with Crippen LogP contribution in [0.15, 0.2) is 12.7 Å². The quantitative estimate of drug-likeness (QED) is 0.388. The first-order valence-electron chi connectivity index (χ1n) is 12.4. The van der Waals surface area contributed by atoms with Gasteiger partial charge >= 0.3 is 11.9 Å². The molecule has 3 saturated carbocycles. The first-order chi connectivity index (χ1) is 15.9. The number of β-amino-alcohol motifs (C(OH)–C–C–N with tert-alkyl or cyclic N) is 1. The van der Waals surface area contributed by atoms with E-state index in [-0.39, 0.29) is 49.5 Å². The number of carbonyl (C=O) groups is 4. The zero-order valence-corrected chi connectivity index (χ0v) is 20.4. The van der Waals surface area contributed by atoms with E-state index in [0.29, 0.717) is 18.3 Å². The number of hydrogen-bond donors (Lipinski definition) is 2. The summed E-state index contributed by atoms with van der Waals surface area (Å²) >= 11 is 0. The SMILES string of the molecule is C=C[C@@H]1C[C@]1(CC(=O)[C@@H]1CC(O)CN1C(=O)[C@@H](CC(=O)OC1CC2C[C@@H]2C1)C(C)(C)C)C(=O)O. The second kappa shape index (κ2) is 8.77. The number of rotatable bonds is 9. The summed E-state index contributed by atoms with van der Waals surface area (Å²) in [5.41, 5.74) is -1.74. The van der Waals surface area contributed by atoms with Gasteiger partial charge in [0.2, 0.25) is 5.91 Å². The molecule has 8 nitrogen and oxygen atoms in total. The van der Waals surface area contributed by atoms with Crippen LogP contribution in [-0.2, 0) is 23.9 Å². The summed E-state index contributed by atoms with van der Waals surface area (Å²) in [4.78, 5) is 52.8. The third-order valence-corrected chi connectivity index (χ3v) is 8.48. The van der Waals surface area contributed by atoms with Crippen molar-refractivity contribution in [3.05, 3.63) is 12.7 Å². The van der Waals surface area contributed by atoms with Gasteiger partial charge in [-0.3, -0.25) is 19.2 Å². The van der Waals surface area contributed by atoms with Crippen LogP contribution in [0, 0.1) is 34.5 Å². The number of Topliss-reactive ketones (excluding diaryl/α,β-unsaturated/α-hetero) is 1. The molecule has 34 heavy (non-hydrogen) atoms. The van der Waals surface area contributed by atoms with Crippen LogP contribution >= 0.6 is 0 Å². The Morgan fingerprint density at radius 1 is 1.15 bits per heavy atom. The van der Waals surface area contributed by atoms with Crippen molar-refractivity contribution >= 4 is 23.6 Å². The van der Waals surface area contributed by atoms with Crippen molar-refractivity contribution in [3.8, 4) is 0 Å². The summed E-state index contributed by atoms with van der Waals surface area (Å²) in [7, 11) is 0. The minimum Gasteiger partial charge on any atom is -0.481 e. The van der Waals surface area contributed by atoms with Crippen LogP contribution in [0.4, 0.5) is 0 Å². The molecule has 2 N–H and O–H groups in total. The number of carbonyl (C=O) groups excluding carboxylic acids is 3. The van der Waals surface area contributed by atoms with Crippen molar-refractivity contribution in [2.75, 3.05) is 6.54 Å². The van der Waals surface area contributed by atoms with Gasteiger partial charge in [0, 0.05) is 19.4 Å². The molecule has 1 saturated heterocycles. The average molecular weight is 476 g/mol. The summed E-state index contributed by atoms with van der Waals surface area (Å²) in [6, 6.07) is -0.896. The number of hydrogen-bond acceptors (Lipinski definition) is 6. The van der Waals surface area contributed by atoms with E-state index in [1.54, 1.807) is 6.08 Å². The van der Waals surface area contributed by atoms with Crippen molar-refractivity contribution in [3.63, 3.8) is 0 Å². The average Bonchev–Trinajstić information content (AvgIpc) is 3.56. The highest BCUT2D eigenvalue weighted by atomic mass is 16.5. The summed E-state index contributed by atoms with van der Waals surface area (Å²) < 4.78 is 5.67. The van der Waals surface area contributed by atoms with E-state index in [9.17, 15) is 29.4 Å². The number of fused-ring (bicyclic) bond motifs is 1. The zero-order valence-electron chi connectivity index (χ0n) is 20.4. The molecule has 3 aliphatic carbocycles. The second-order valence-electron chi connectivity index (χ2n) is 12.0. The van der Waals surface area contributed by atoms with Gasteiger partial charge < -0.3 is 19.8 Å². The highest BCUT2D eigenvalue weighted by Crippen LogP contribution is 2.56. The maximum absolute atomic E-state index is 13.6. The Morgan fingerprint density at radius 3 is 2.32 bits per heavy atom. The second-order valence-corrected chi connectivity index (χ2v) is 12.0. The highest BCUT2D eigenvalue weighted by molar-refractivity contribution is 5.95. The number of carboxylic acid groups (broad SMARTS) is 1. The fraction of sp³-hybridized carbons (Fsp3) is 0.769. The van der Waals surface area contributed by atoms with Gasteiger partial charge in [0.15, 0.2) is 5.78 Å². The molecule has 8 heteroatoms. The third kappa shape index (κ3) is 4.79. The Hall–Kier alpha value is -2.22. The molecule has 4 aliphatic rings. The van der Waals surface area contributed by atoms with Gasteiger partial charge in [0.1, 0.15) is 6.10 Å². The van der Waals surface area contributed by atoms with E-state index < -0.39 is 40.8 Å². The first-order valence-corrected chi connectivity index (χ1v) is 12.4. The smallest absolute Gasteiger partial charge is 0.310 e. The Bertz CT molecular complexity index is 882. The van der Waals surface area contributed by atoms with Crippen LogP contribution < -0.4 is 0 Å². The summed E-state index contributed by atoms with van der Waals surface area (Å²) in [5, 5.41) is 20.0. The summed E-state index contributed by atoms with van der Waals surface area (Å²) in [6.07, 6.45) is 3.78. The molecule has 8 atom stereocenters. The number of ketones is 1. The van der Waals surface area contributed by atoms with Gasteiger partial charge in [-0.15, -0.1) is 6.58 Å². The zero-order chi connectivity index (χ0) is 25.0. The highest BCUT2D eigenvalue weighted by Gasteiger charge is 2.61. The molecule has 0 bridgehead atoms. The van der Waals surface area contributed by atoms with Crippen molar-refractivity contribution in [1.82, 2.24) is 4.90 Å². The number of likely N-dealkylation sites (tertiary alicyclic amines) is 1. The molecule has 0 aromatic carbocycles. The number of ether oxygens (including phenoxy) is 1. The van der Waals surface area contributed by atoms with Gasteiger partial charge in [-0.25, -0.2) is 0 Å². The lowest BCUT2D eigenvalue weighted by atomic mass is 9.77. The maximum Gasteiger partial charge on any atom is 0.310 e.